The molecule has 6 nitrogen and oxygen atoms in total. The number of oxazole rings is 1. The summed E-state index contributed by atoms with van der Waals surface area (Å²) < 4.78 is 11.1. The van der Waals surface area contributed by atoms with E-state index in [2.05, 4.69) is 10.3 Å². The number of hydrogen-bond donors (Lipinski definition) is 1. The number of fused-ring (bicyclic) bond motifs is 1. The van der Waals surface area contributed by atoms with E-state index >= 15 is 0 Å². The van der Waals surface area contributed by atoms with Crippen LogP contribution in [0.2, 0.25) is 5.02 Å². The Hall–Kier alpha value is -2.73. The van der Waals surface area contributed by atoms with Gasteiger partial charge in [-0.05, 0) is 43.5 Å². The molecule has 0 radical (unpaired) electrons. The molecule has 0 unspecified atom stereocenters. The van der Waals surface area contributed by atoms with Crippen molar-refractivity contribution in [2.24, 2.45) is 5.92 Å². The van der Waals surface area contributed by atoms with Crippen molar-refractivity contribution in [1.82, 2.24) is 9.88 Å². The fraction of sp³-hybridized carbons (Fsp3) is 0.333. The maximum atomic E-state index is 12.9. The Morgan fingerprint density at radius 1 is 1.36 bits per heavy atom. The fourth-order valence-corrected chi connectivity index (χ4v) is 3.71. The molecule has 1 N–H and O–H groups in total. The van der Waals surface area contributed by atoms with E-state index in [0.717, 1.165) is 24.0 Å². The van der Waals surface area contributed by atoms with Crippen LogP contribution in [0.4, 0.5) is 6.01 Å². The third kappa shape index (κ3) is 3.78. The quantitative estimate of drug-likeness (QED) is 0.689. The maximum Gasteiger partial charge on any atom is 0.295 e. The Morgan fingerprint density at radius 3 is 3.04 bits per heavy atom. The summed E-state index contributed by atoms with van der Waals surface area (Å²) >= 11 is 5.98. The summed E-state index contributed by atoms with van der Waals surface area (Å²) in [5, 5.41) is 3.86. The lowest BCUT2D eigenvalue weighted by atomic mass is 10.1. The summed E-state index contributed by atoms with van der Waals surface area (Å²) in [6, 6.07) is 11.5. The first-order chi connectivity index (χ1) is 13.5. The van der Waals surface area contributed by atoms with E-state index in [4.69, 9.17) is 20.8 Å². The van der Waals surface area contributed by atoms with Crippen LogP contribution in [0.25, 0.3) is 11.1 Å². The predicted molar refractivity (Wildman–Crippen MR) is 109 cm³/mol. The molecule has 0 saturated carbocycles. The minimum Gasteiger partial charge on any atom is -0.496 e. The molecule has 0 spiro atoms. The summed E-state index contributed by atoms with van der Waals surface area (Å²) in [4.78, 5) is 19.2. The van der Waals surface area contributed by atoms with Gasteiger partial charge in [0.1, 0.15) is 11.3 Å². The third-order valence-electron chi connectivity index (χ3n) is 5.05. The van der Waals surface area contributed by atoms with Gasteiger partial charge in [0, 0.05) is 30.7 Å². The van der Waals surface area contributed by atoms with Crippen LogP contribution in [-0.2, 0) is 0 Å². The standard InChI is InChI=1S/C21H22ClN3O3/c1-13-3-6-18(27-2)16(9-13)20(26)25-8-7-14(12-25)11-23-21-24-17-5-4-15(22)10-19(17)28-21/h3-6,9-10,14H,7-8,11-12H2,1-2H3,(H,23,24)/t14-/m1/s1. The highest BCUT2D eigenvalue weighted by Crippen LogP contribution is 2.26. The number of amides is 1. The summed E-state index contributed by atoms with van der Waals surface area (Å²) in [6.45, 7) is 4.08. The normalized spacial score (nSPS) is 16.5. The molecule has 1 aromatic heterocycles. The zero-order valence-corrected chi connectivity index (χ0v) is 16.6. The van der Waals surface area contributed by atoms with Gasteiger partial charge in [-0.3, -0.25) is 4.79 Å². The van der Waals surface area contributed by atoms with Gasteiger partial charge in [0.05, 0.1) is 12.7 Å². The first-order valence-corrected chi connectivity index (χ1v) is 9.65. The molecule has 1 aliphatic heterocycles. The summed E-state index contributed by atoms with van der Waals surface area (Å²) in [5.41, 5.74) is 3.08. The molecule has 0 bridgehead atoms. The molecule has 7 heteroatoms. The van der Waals surface area contributed by atoms with Crippen LogP contribution in [0.5, 0.6) is 5.75 Å². The smallest absolute Gasteiger partial charge is 0.295 e. The van der Waals surface area contributed by atoms with Crippen molar-refractivity contribution in [3.63, 3.8) is 0 Å². The second-order valence-electron chi connectivity index (χ2n) is 7.12. The van der Waals surface area contributed by atoms with E-state index in [1.54, 1.807) is 19.2 Å². The average molecular weight is 400 g/mol. The van der Waals surface area contributed by atoms with Gasteiger partial charge in [-0.15, -0.1) is 0 Å². The Bertz CT molecular complexity index is 1020. The zero-order valence-electron chi connectivity index (χ0n) is 15.9. The van der Waals surface area contributed by atoms with Crippen molar-refractivity contribution in [3.8, 4) is 5.75 Å². The highest BCUT2D eigenvalue weighted by Gasteiger charge is 2.28. The van der Waals surface area contributed by atoms with Crippen molar-refractivity contribution < 1.29 is 13.9 Å². The van der Waals surface area contributed by atoms with Crippen LogP contribution in [0.1, 0.15) is 22.3 Å². The molecule has 1 fully saturated rings. The van der Waals surface area contributed by atoms with Gasteiger partial charge in [0.15, 0.2) is 5.58 Å². The zero-order chi connectivity index (χ0) is 19.7. The molecule has 2 aromatic carbocycles. The highest BCUT2D eigenvalue weighted by atomic mass is 35.5. The number of methoxy groups -OCH3 is 1. The van der Waals surface area contributed by atoms with Gasteiger partial charge >= 0.3 is 0 Å². The number of halogens is 1. The Balaban J connectivity index is 1.38. The molecule has 146 valence electrons. The molecule has 2 heterocycles. The van der Waals surface area contributed by atoms with Crippen molar-refractivity contribution in [3.05, 3.63) is 52.5 Å². The minimum atomic E-state index is 0.0135. The number of likely N-dealkylation sites (tertiary alicyclic amines) is 1. The van der Waals surface area contributed by atoms with E-state index in [9.17, 15) is 4.79 Å². The molecule has 1 aliphatic rings. The lowest BCUT2D eigenvalue weighted by Gasteiger charge is -2.18. The Kier molecular flexibility index (Phi) is 5.13. The van der Waals surface area contributed by atoms with Crippen LogP contribution < -0.4 is 10.1 Å². The van der Waals surface area contributed by atoms with Crippen molar-refractivity contribution in [2.45, 2.75) is 13.3 Å². The molecule has 1 amide bonds. The fourth-order valence-electron chi connectivity index (χ4n) is 3.55. The number of hydrogen-bond acceptors (Lipinski definition) is 5. The molecular weight excluding hydrogens is 378 g/mol. The Morgan fingerprint density at radius 2 is 2.21 bits per heavy atom. The lowest BCUT2D eigenvalue weighted by molar-refractivity contribution is 0.0784. The van der Waals surface area contributed by atoms with E-state index in [1.165, 1.54) is 0 Å². The van der Waals surface area contributed by atoms with Gasteiger partial charge in [0.2, 0.25) is 0 Å². The van der Waals surface area contributed by atoms with E-state index < -0.39 is 0 Å². The monoisotopic (exact) mass is 399 g/mol. The molecule has 4 rings (SSSR count). The summed E-state index contributed by atoms with van der Waals surface area (Å²) in [6.07, 6.45) is 0.929. The summed E-state index contributed by atoms with van der Waals surface area (Å²) in [7, 11) is 1.59. The Labute approximate surface area is 168 Å². The van der Waals surface area contributed by atoms with Gasteiger partial charge in [-0.1, -0.05) is 23.2 Å². The van der Waals surface area contributed by atoms with E-state index in [1.807, 2.05) is 36.1 Å². The number of rotatable bonds is 5. The molecule has 1 atom stereocenters. The third-order valence-corrected chi connectivity index (χ3v) is 5.29. The minimum absolute atomic E-state index is 0.0135. The van der Waals surface area contributed by atoms with E-state index in [-0.39, 0.29) is 5.91 Å². The van der Waals surface area contributed by atoms with Crippen LogP contribution >= 0.6 is 11.6 Å². The number of nitrogens with one attached hydrogen (secondary N) is 1. The topological polar surface area (TPSA) is 67.6 Å². The molecule has 1 saturated heterocycles. The van der Waals surface area contributed by atoms with Crippen molar-refractivity contribution in [2.75, 3.05) is 32.1 Å². The van der Waals surface area contributed by atoms with Gasteiger partial charge in [-0.2, -0.15) is 4.98 Å². The van der Waals surface area contributed by atoms with Gasteiger partial charge < -0.3 is 19.4 Å². The molecular formula is C21H22ClN3O3. The van der Waals surface area contributed by atoms with Crippen LogP contribution in [0, 0.1) is 12.8 Å². The van der Waals surface area contributed by atoms with Gasteiger partial charge in [-0.25, -0.2) is 0 Å². The number of anilines is 1. The van der Waals surface area contributed by atoms with Crippen LogP contribution in [-0.4, -0.2) is 42.5 Å². The number of aryl methyl sites for hydroxylation is 1. The lowest BCUT2D eigenvalue weighted by Crippen LogP contribution is -2.30. The number of carbonyl (C=O) groups is 1. The van der Waals surface area contributed by atoms with Crippen LogP contribution in [0.15, 0.2) is 40.8 Å². The largest absolute Gasteiger partial charge is 0.496 e. The first-order valence-electron chi connectivity index (χ1n) is 9.27. The maximum absolute atomic E-state index is 12.9. The number of benzene rings is 2. The predicted octanol–water partition coefficient (Wildman–Crippen LogP) is 4.37. The van der Waals surface area contributed by atoms with E-state index in [0.29, 0.717) is 46.9 Å². The second kappa shape index (κ2) is 7.72. The molecule has 28 heavy (non-hydrogen) atoms. The molecule has 3 aromatic rings. The SMILES string of the molecule is COc1ccc(C)cc1C(=O)N1CC[C@H](CNc2nc3ccc(Cl)cc3o2)C1. The number of aromatic nitrogens is 1. The second-order valence-corrected chi connectivity index (χ2v) is 7.56. The van der Waals surface area contributed by atoms with Crippen LogP contribution in [0.3, 0.4) is 0 Å². The average Bonchev–Trinajstić information content (AvgIpc) is 3.32. The number of ether oxygens (including phenoxy) is 1. The summed E-state index contributed by atoms with van der Waals surface area (Å²) in [5.74, 6) is 0.959. The number of carbonyl (C=O) groups excluding carboxylic acids is 1. The molecule has 0 aliphatic carbocycles. The van der Waals surface area contributed by atoms with Crippen molar-refractivity contribution in [1.29, 1.82) is 0 Å². The number of nitrogens with zero attached hydrogens (tertiary/aromatic N) is 2. The van der Waals surface area contributed by atoms with Gasteiger partial charge in [0.25, 0.3) is 11.9 Å². The highest BCUT2D eigenvalue weighted by molar-refractivity contribution is 6.31. The van der Waals surface area contributed by atoms with Crippen molar-refractivity contribution >= 4 is 34.6 Å². The first kappa shape index (κ1) is 18.6.